The highest BCUT2D eigenvalue weighted by atomic mass is 16.5. The van der Waals surface area contributed by atoms with Crippen molar-refractivity contribution in [3.8, 4) is 5.75 Å². The average molecular weight is 450 g/mol. The largest absolute Gasteiger partial charge is 0.490 e. The summed E-state index contributed by atoms with van der Waals surface area (Å²) in [6, 6.07) is 14.4. The average Bonchev–Trinajstić information content (AvgIpc) is 3.32. The van der Waals surface area contributed by atoms with Crippen LogP contribution in [0.15, 0.2) is 48.7 Å². The third-order valence-corrected chi connectivity index (χ3v) is 6.95. The smallest absolute Gasteiger partial charge is 0.225 e. The minimum atomic E-state index is -0.433. The Morgan fingerprint density at radius 2 is 1.85 bits per heavy atom. The molecule has 2 heterocycles. The van der Waals surface area contributed by atoms with E-state index in [0.717, 1.165) is 43.9 Å². The van der Waals surface area contributed by atoms with Crippen molar-refractivity contribution in [3.05, 3.63) is 59.9 Å². The Hall–Kier alpha value is -2.40. The second-order valence-electron chi connectivity index (χ2n) is 10.7. The summed E-state index contributed by atoms with van der Waals surface area (Å²) >= 11 is 0. The van der Waals surface area contributed by atoms with Crippen LogP contribution < -0.4 is 10.1 Å². The van der Waals surface area contributed by atoms with E-state index in [1.807, 2.05) is 45.2 Å². The van der Waals surface area contributed by atoms with Gasteiger partial charge in [0.15, 0.2) is 0 Å². The van der Waals surface area contributed by atoms with E-state index in [1.165, 1.54) is 31.2 Å². The van der Waals surface area contributed by atoms with Crippen molar-refractivity contribution < 1.29 is 9.53 Å². The Morgan fingerprint density at radius 1 is 1.09 bits per heavy atom. The molecule has 1 N–H and O–H groups in total. The molecule has 1 aromatic heterocycles. The Morgan fingerprint density at radius 3 is 2.58 bits per heavy atom. The van der Waals surface area contributed by atoms with Gasteiger partial charge >= 0.3 is 0 Å². The van der Waals surface area contributed by atoms with Crippen molar-refractivity contribution in [1.82, 2.24) is 15.2 Å². The molecule has 1 aliphatic heterocycles. The van der Waals surface area contributed by atoms with Crippen molar-refractivity contribution in [1.29, 1.82) is 0 Å². The van der Waals surface area contributed by atoms with Gasteiger partial charge in [-0.3, -0.25) is 14.7 Å². The fraction of sp³-hybridized carbons (Fsp3) is 0.571. The lowest BCUT2D eigenvalue weighted by atomic mass is 9.86. The summed E-state index contributed by atoms with van der Waals surface area (Å²) in [4.78, 5) is 20.0. The first kappa shape index (κ1) is 23.7. The maximum Gasteiger partial charge on any atom is 0.225 e. The van der Waals surface area contributed by atoms with E-state index in [4.69, 9.17) is 4.74 Å². The molecule has 0 spiro atoms. The van der Waals surface area contributed by atoms with Gasteiger partial charge in [0.1, 0.15) is 5.75 Å². The number of rotatable bonds is 7. The van der Waals surface area contributed by atoms with Crippen molar-refractivity contribution >= 4 is 5.91 Å². The van der Waals surface area contributed by atoms with E-state index in [2.05, 4.69) is 39.5 Å². The van der Waals surface area contributed by atoms with E-state index in [-0.39, 0.29) is 11.9 Å². The fourth-order valence-electron chi connectivity index (χ4n) is 5.03. The number of hydrogen-bond acceptors (Lipinski definition) is 4. The number of ether oxygens (including phenoxy) is 1. The van der Waals surface area contributed by atoms with Crippen molar-refractivity contribution in [3.63, 3.8) is 0 Å². The highest BCUT2D eigenvalue weighted by Crippen LogP contribution is 2.32. The van der Waals surface area contributed by atoms with E-state index in [1.54, 1.807) is 0 Å². The molecule has 5 nitrogen and oxygen atoms in total. The second kappa shape index (κ2) is 10.7. The molecule has 178 valence electrons. The number of amides is 1. The van der Waals surface area contributed by atoms with E-state index < -0.39 is 5.41 Å². The van der Waals surface area contributed by atoms with Gasteiger partial charge in [0.25, 0.3) is 0 Å². The van der Waals surface area contributed by atoms with Gasteiger partial charge < -0.3 is 10.1 Å². The molecule has 33 heavy (non-hydrogen) atoms. The van der Waals surface area contributed by atoms with Gasteiger partial charge in [0.05, 0.1) is 17.8 Å². The lowest BCUT2D eigenvalue weighted by Crippen LogP contribution is -2.45. The van der Waals surface area contributed by atoms with Crippen LogP contribution in [0.5, 0.6) is 5.75 Å². The number of piperidine rings is 1. The first-order valence-corrected chi connectivity index (χ1v) is 12.6. The van der Waals surface area contributed by atoms with Crippen LogP contribution in [-0.4, -0.2) is 35.0 Å². The first-order valence-electron chi connectivity index (χ1n) is 12.6. The molecule has 2 atom stereocenters. The summed E-state index contributed by atoms with van der Waals surface area (Å²) in [5, 5.41) is 3.33. The number of hydrogen-bond donors (Lipinski definition) is 1. The Bertz CT molecular complexity index is 903. The molecule has 2 aliphatic rings. The summed E-state index contributed by atoms with van der Waals surface area (Å²) in [7, 11) is 0. The number of likely N-dealkylation sites (tertiary alicyclic amines) is 1. The number of benzene rings is 1. The lowest BCUT2D eigenvalue weighted by Gasteiger charge is -2.38. The zero-order valence-electron chi connectivity index (χ0n) is 20.4. The van der Waals surface area contributed by atoms with Crippen LogP contribution in [0.2, 0.25) is 0 Å². The highest BCUT2D eigenvalue weighted by Gasteiger charge is 2.33. The minimum absolute atomic E-state index is 0.0746. The van der Waals surface area contributed by atoms with Crippen LogP contribution in [-0.2, 0) is 11.3 Å². The van der Waals surface area contributed by atoms with Gasteiger partial charge in [-0.15, -0.1) is 0 Å². The fourth-order valence-corrected chi connectivity index (χ4v) is 5.03. The molecule has 1 amide bonds. The van der Waals surface area contributed by atoms with Crippen LogP contribution in [0.4, 0.5) is 0 Å². The molecule has 1 saturated carbocycles. The van der Waals surface area contributed by atoms with Gasteiger partial charge in [0, 0.05) is 30.3 Å². The summed E-state index contributed by atoms with van der Waals surface area (Å²) < 4.78 is 6.39. The standard InChI is InChI=1S/C28H39N3O2/c1-28(2,3)27(32)30-26(24-15-8-9-17-29-24)22-12-10-18-31(20-22)19-21-11-4-7-16-25(21)33-23-13-5-6-14-23/h4,7-9,11,15-17,22-23,26H,5-6,10,12-14,18-20H2,1-3H3,(H,30,32)/t22-,26-/m1/s1. The molecular weight excluding hydrogens is 410 g/mol. The van der Waals surface area contributed by atoms with Crippen LogP contribution in [0.25, 0.3) is 0 Å². The molecule has 2 fully saturated rings. The number of nitrogens with zero attached hydrogens (tertiary/aromatic N) is 2. The van der Waals surface area contributed by atoms with Crippen LogP contribution in [0.1, 0.15) is 76.6 Å². The maximum absolute atomic E-state index is 12.9. The summed E-state index contributed by atoms with van der Waals surface area (Å²) in [6.45, 7) is 8.77. The molecular formula is C28H39N3O2. The third kappa shape index (κ3) is 6.35. The highest BCUT2D eigenvalue weighted by molar-refractivity contribution is 5.81. The lowest BCUT2D eigenvalue weighted by molar-refractivity contribution is -0.130. The number of aromatic nitrogens is 1. The van der Waals surface area contributed by atoms with E-state index >= 15 is 0 Å². The van der Waals surface area contributed by atoms with Crippen LogP contribution in [0, 0.1) is 11.3 Å². The molecule has 0 bridgehead atoms. The number of carbonyl (C=O) groups is 1. The second-order valence-corrected chi connectivity index (χ2v) is 10.7. The molecule has 1 aliphatic carbocycles. The summed E-state index contributed by atoms with van der Waals surface area (Å²) in [5.74, 6) is 1.43. The van der Waals surface area contributed by atoms with Crippen LogP contribution >= 0.6 is 0 Å². The minimum Gasteiger partial charge on any atom is -0.490 e. The Balaban J connectivity index is 1.48. The number of para-hydroxylation sites is 1. The van der Waals surface area contributed by atoms with Gasteiger partial charge in [0.2, 0.25) is 5.91 Å². The maximum atomic E-state index is 12.9. The predicted octanol–water partition coefficient (Wildman–Crippen LogP) is 5.52. The normalized spacial score (nSPS) is 21.0. The predicted molar refractivity (Wildman–Crippen MR) is 132 cm³/mol. The van der Waals surface area contributed by atoms with Crippen LogP contribution in [0.3, 0.4) is 0 Å². The monoisotopic (exact) mass is 449 g/mol. The van der Waals surface area contributed by atoms with E-state index in [9.17, 15) is 4.79 Å². The topological polar surface area (TPSA) is 54.5 Å². The quantitative estimate of drug-likeness (QED) is 0.605. The van der Waals surface area contributed by atoms with Crippen molar-refractivity contribution in [2.24, 2.45) is 11.3 Å². The number of pyridine rings is 1. The molecule has 0 unspecified atom stereocenters. The van der Waals surface area contributed by atoms with Gasteiger partial charge in [-0.05, 0) is 69.2 Å². The molecule has 2 aromatic rings. The van der Waals surface area contributed by atoms with Gasteiger partial charge in [-0.25, -0.2) is 0 Å². The molecule has 4 rings (SSSR count). The summed E-state index contributed by atoms with van der Waals surface area (Å²) in [6.07, 6.45) is 9.27. The van der Waals surface area contributed by atoms with Crippen molar-refractivity contribution in [2.45, 2.75) is 78.0 Å². The molecule has 0 radical (unpaired) electrons. The zero-order valence-corrected chi connectivity index (χ0v) is 20.4. The van der Waals surface area contributed by atoms with Crippen molar-refractivity contribution in [2.75, 3.05) is 13.1 Å². The van der Waals surface area contributed by atoms with Gasteiger partial charge in [-0.2, -0.15) is 0 Å². The Kier molecular flexibility index (Phi) is 7.69. The Labute approximate surface area is 198 Å². The molecule has 1 aromatic carbocycles. The third-order valence-electron chi connectivity index (χ3n) is 6.95. The number of nitrogens with one attached hydrogen (secondary N) is 1. The van der Waals surface area contributed by atoms with E-state index in [0.29, 0.717) is 12.0 Å². The van der Waals surface area contributed by atoms with Gasteiger partial charge in [-0.1, -0.05) is 45.0 Å². The SMILES string of the molecule is CC(C)(C)C(=O)N[C@@H](c1ccccn1)[C@@H]1CCCN(Cc2ccccc2OC2CCCC2)C1. The summed E-state index contributed by atoms with van der Waals surface area (Å²) in [5.41, 5.74) is 1.78. The molecule has 1 saturated heterocycles. The number of carbonyl (C=O) groups excluding carboxylic acids is 1. The first-order chi connectivity index (χ1) is 15.9. The zero-order chi connectivity index (χ0) is 23.3. The molecule has 5 heteroatoms.